The minimum Gasteiger partial charge on any atom is -0.494 e. The Morgan fingerprint density at radius 1 is 1.06 bits per heavy atom. The maximum absolute atomic E-state index is 13.9. The predicted molar refractivity (Wildman–Crippen MR) is 63.4 cm³/mol. The number of methoxy groups -OCH3 is 1. The highest BCUT2D eigenvalue weighted by Gasteiger charge is 2.17. The molecule has 0 heterocycles. The van der Waals surface area contributed by atoms with Crippen LogP contribution in [0.4, 0.5) is 8.78 Å². The molecule has 18 heavy (non-hydrogen) atoms. The van der Waals surface area contributed by atoms with E-state index in [9.17, 15) is 13.9 Å². The van der Waals surface area contributed by atoms with Crippen molar-refractivity contribution < 1.29 is 18.6 Å². The molecule has 0 bridgehead atoms. The highest BCUT2D eigenvalue weighted by Crippen LogP contribution is 2.29. The second kappa shape index (κ2) is 5.14. The molecule has 1 unspecified atom stereocenters. The summed E-state index contributed by atoms with van der Waals surface area (Å²) in [6.07, 6.45) is -1.15. The molecule has 0 radical (unpaired) electrons. The quantitative estimate of drug-likeness (QED) is 0.907. The predicted octanol–water partition coefficient (Wildman–Crippen LogP) is 3.06. The zero-order valence-electron chi connectivity index (χ0n) is 9.73. The van der Waals surface area contributed by atoms with E-state index in [1.807, 2.05) is 0 Å². The van der Waals surface area contributed by atoms with E-state index in [4.69, 9.17) is 4.74 Å². The van der Waals surface area contributed by atoms with E-state index < -0.39 is 17.7 Å². The van der Waals surface area contributed by atoms with Gasteiger partial charge < -0.3 is 9.84 Å². The fourth-order valence-electron chi connectivity index (χ4n) is 1.72. The van der Waals surface area contributed by atoms with Crippen LogP contribution in [0.3, 0.4) is 0 Å². The van der Waals surface area contributed by atoms with Gasteiger partial charge in [-0.05, 0) is 23.8 Å². The first-order valence-electron chi connectivity index (χ1n) is 5.39. The molecule has 2 nitrogen and oxygen atoms in total. The van der Waals surface area contributed by atoms with Crippen LogP contribution in [0.15, 0.2) is 42.5 Å². The maximum Gasteiger partial charge on any atom is 0.171 e. The molecule has 0 saturated heterocycles. The zero-order chi connectivity index (χ0) is 13.1. The van der Waals surface area contributed by atoms with Gasteiger partial charge in [0.1, 0.15) is 11.9 Å². The van der Waals surface area contributed by atoms with E-state index in [1.165, 1.54) is 43.5 Å². The summed E-state index contributed by atoms with van der Waals surface area (Å²) < 4.78 is 31.5. The number of halogens is 2. The van der Waals surface area contributed by atoms with Crippen LogP contribution < -0.4 is 4.74 Å². The van der Waals surface area contributed by atoms with Crippen LogP contribution in [0.1, 0.15) is 17.2 Å². The number of hydrogen-bond donors (Lipinski definition) is 1. The molecular weight excluding hydrogens is 238 g/mol. The van der Waals surface area contributed by atoms with Gasteiger partial charge in [-0.1, -0.05) is 24.3 Å². The van der Waals surface area contributed by atoms with Gasteiger partial charge in [0.15, 0.2) is 11.6 Å². The van der Waals surface area contributed by atoms with Gasteiger partial charge in [0.05, 0.1) is 7.11 Å². The number of aliphatic hydroxyl groups excluding tert-OH is 1. The summed E-state index contributed by atoms with van der Waals surface area (Å²) in [6, 6.07) is 9.79. The van der Waals surface area contributed by atoms with Gasteiger partial charge in [-0.3, -0.25) is 0 Å². The van der Waals surface area contributed by atoms with Crippen molar-refractivity contribution in [3.63, 3.8) is 0 Å². The van der Waals surface area contributed by atoms with Crippen LogP contribution in [0, 0.1) is 11.6 Å². The van der Waals surface area contributed by atoms with Crippen LogP contribution in [0.5, 0.6) is 5.75 Å². The minimum absolute atomic E-state index is 0.0636. The SMILES string of the molecule is COc1cccc(C(O)c2ccc(F)cc2)c1F. The highest BCUT2D eigenvalue weighted by atomic mass is 19.1. The van der Waals surface area contributed by atoms with Crippen molar-refractivity contribution in [1.29, 1.82) is 0 Å². The summed E-state index contributed by atoms with van der Waals surface area (Å²) in [5, 5.41) is 10.1. The lowest BCUT2D eigenvalue weighted by atomic mass is 10.0. The summed E-state index contributed by atoms with van der Waals surface area (Å²) in [5.41, 5.74) is 0.518. The molecule has 2 rings (SSSR count). The Morgan fingerprint density at radius 2 is 1.72 bits per heavy atom. The smallest absolute Gasteiger partial charge is 0.171 e. The highest BCUT2D eigenvalue weighted by molar-refractivity contribution is 5.37. The van der Waals surface area contributed by atoms with E-state index in [0.717, 1.165) is 0 Å². The van der Waals surface area contributed by atoms with Crippen LogP contribution in [-0.2, 0) is 0 Å². The largest absolute Gasteiger partial charge is 0.494 e. The summed E-state index contributed by atoms with van der Waals surface area (Å²) in [5.74, 6) is -0.956. The van der Waals surface area contributed by atoms with Gasteiger partial charge in [-0.25, -0.2) is 8.78 Å². The Hall–Kier alpha value is -1.94. The Bertz CT molecular complexity index is 538. The first-order chi connectivity index (χ1) is 8.63. The van der Waals surface area contributed by atoms with Crippen LogP contribution >= 0.6 is 0 Å². The first kappa shape index (κ1) is 12.5. The van der Waals surface area contributed by atoms with E-state index in [0.29, 0.717) is 5.56 Å². The van der Waals surface area contributed by atoms with Crippen molar-refractivity contribution in [2.75, 3.05) is 7.11 Å². The summed E-state index contributed by atoms with van der Waals surface area (Å²) >= 11 is 0. The lowest BCUT2D eigenvalue weighted by molar-refractivity contribution is 0.213. The third-order valence-electron chi connectivity index (χ3n) is 2.69. The summed E-state index contributed by atoms with van der Waals surface area (Å²) in [6.45, 7) is 0. The molecule has 1 N–H and O–H groups in total. The molecule has 2 aromatic carbocycles. The standard InChI is InChI=1S/C14H12F2O2/c1-18-12-4-2-3-11(13(12)16)14(17)9-5-7-10(15)8-6-9/h2-8,14,17H,1H3. The Labute approximate surface area is 103 Å². The zero-order valence-corrected chi connectivity index (χ0v) is 9.73. The molecule has 94 valence electrons. The number of rotatable bonds is 3. The number of benzene rings is 2. The molecule has 2 aromatic rings. The number of ether oxygens (including phenoxy) is 1. The average molecular weight is 250 g/mol. The van der Waals surface area contributed by atoms with Crippen LogP contribution in [0.2, 0.25) is 0 Å². The van der Waals surface area contributed by atoms with Gasteiger partial charge in [-0.15, -0.1) is 0 Å². The van der Waals surface area contributed by atoms with E-state index >= 15 is 0 Å². The molecule has 0 aliphatic rings. The van der Waals surface area contributed by atoms with Crippen molar-refractivity contribution >= 4 is 0 Å². The fraction of sp³-hybridized carbons (Fsp3) is 0.143. The lowest BCUT2D eigenvalue weighted by Gasteiger charge is -2.14. The maximum atomic E-state index is 13.9. The van der Waals surface area contributed by atoms with Gasteiger partial charge in [0.2, 0.25) is 0 Å². The van der Waals surface area contributed by atoms with Crippen molar-refractivity contribution in [1.82, 2.24) is 0 Å². The average Bonchev–Trinajstić information content (AvgIpc) is 2.39. The van der Waals surface area contributed by atoms with E-state index in [2.05, 4.69) is 0 Å². The minimum atomic E-state index is -1.15. The van der Waals surface area contributed by atoms with Crippen molar-refractivity contribution in [2.24, 2.45) is 0 Å². The van der Waals surface area contributed by atoms with Crippen molar-refractivity contribution in [3.8, 4) is 5.75 Å². The van der Waals surface area contributed by atoms with Gasteiger partial charge >= 0.3 is 0 Å². The molecule has 0 aromatic heterocycles. The number of hydrogen-bond acceptors (Lipinski definition) is 2. The van der Waals surface area contributed by atoms with Crippen LogP contribution in [-0.4, -0.2) is 12.2 Å². The first-order valence-corrected chi connectivity index (χ1v) is 5.39. The normalized spacial score (nSPS) is 12.2. The fourth-order valence-corrected chi connectivity index (χ4v) is 1.72. The molecule has 0 spiro atoms. The Kier molecular flexibility index (Phi) is 3.58. The van der Waals surface area contributed by atoms with Gasteiger partial charge in [0.25, 0.3) is 0 Å². The molecule has 0 amide bonds. The van der Waals surface area contributed by atoms with Crippen molar-refractivity contribution in [2.45, 2.75) is 6.10 Å². The Morgan fingerprint density at radius 3 is 2.33 bits per heavy atom. The van der Waals surface area contributed by atoms with Gasteiger partial charge in [-0.2, -0.15) is 0 Å². The van der Waals surface area contributed by atoms with Crippen LogP contribution in [0.25, 0.3) is 0 Å². The molecule has 0 aliphatic heterocycles. The lowest BCUT2D eigenvalue weighted by Crippen LogP contribution is -2.04. The van der Waals surface area contributed by atoms with Gasteiger partial charge in [0, 0.05) is 5.56 Å². The molecule has 0 fully saturated rings. The monoisotopic (exact) mass is 250 g/mol. The molecule has 0 saturated carbocycles. The molecule has 4 heteroatoms. The van der Waals surface area contributed by atoms with Crippen molar-refractivity contribution in [3.05, 3.63) is 65.2 Å². The Balaban J connectivity index is 2.39. The number of aliphatic hydroxyl groups is 1. The third kappa shape index (κ3) is 2.33. The summed E-state index contributed by atoms with van der Waals surface area (Å²) in [7, 11) is 1.35. The molecule has 0 aliphatic carbocycles. The summed E-state index contributed by atoms with van der Waals surface area (Å²) in [4.78, 5) is 0. The van der Waals surface area contributed by atoms with E-state index in [-0.39, 0.29) is 11.3 Å². The third-order valence-corrected chi connectivity index (χ3v) is 2.69. The van der Waals surface area contributed by atoms with E-state index in [1.54, 1.807) is 6.07 Å². The second-order valence-electron chi connectivity index (χ2n) is 3.82. The topological polar surface area (TPSA) is 29.5 Å². The second-order valence-corrected chi connectivity index (χ2v) is 3.82. The molecule has 1 atom stereocenters. The molecular formula is C14H12F2O2.